The van der Waals surface area contributed by atoms with Gasteiger partial charge in [-0.25, -0.2) is 4.57 Å². The second kappa shape index (κ2) is 9.97. The lowest BCUT2D eigenvalue weighted by molar-refractivity contribution is -0.699. The Hall–Kier alpha value is -4.20. The predicted octanol–water partition coefficient (Wildman–Crippen LogP) is 3.25. The smallest absolute Gasteiger partial charge is 0.311 e. The summed E-state index contributed by atoms with van der Waals surface area (Å²) in [5.41, 5.74) is 3.49. The van der Waals surface area contributed by atoms with Gasteiger partial charge in [0, 0.05) is 17.7 Å². The van der Waals surface area contributed by atoms with Crippen molar-refractivity contribution >= 4 is 23.3 Å². The van der Waals surface area contributed by atoms with E-state index in [0.717, 1.165) is 16.8 Å². The molecule has 2 atom stereocenters. The lowest BCUT2D eigenvalue weighted by atomic mass is 10.0. The minimum Gasteiger partial charge on any atom is -0.485 e. The number of ether oxygens (including phenoxy) is 3. The molecule has 3 heterocycles. The number of nitrogens with one attached hydrogen (secondary N) is 1. The Bertz CT molecular complexity index is 1270. The molecule has 1 aromatic heterocycles. The molecule has 3 aromatic rings. The summed E-state index contributed by atoms with van der Waals surface area (Å²) >= 11 is 0. The van der Waals surface area contributed by atoms with Crippen molar-refractivity contribution < 1.29 is 28.4 Å². The molecular weight excluding hydrogens is 446 g/mol. The first-order valence-corrected chi connectivity index (χ1v) is 11.6. The molecular formula is C27H26N3O5+. The van der Waals surface area contributed by atoms with E-state index in [0.29, 0.717) is 30.3 Å². The maximum absolute atomic E-state index is 12.7. The van der Waals surface area contributed by atoms with Crippen LogP contribution in [0, 0.1) is 0 Å². The predicted molar refractivity (Wildman–Crippen MR) is 129 cm³/mol. The molecule has 35 heavy (non-hydrogen) atoms. The van der Waals surface area contributed by atoms with E-state index in [2.05, 4.69) is 5.32 Å². The van der Waals surface area contributed by atoms with Crippen LogP contribution in [0.4, 0.5) is 5.69 Å². The molecule has 2 unspecified atom stereocenters. The Kier molecular flexibility index (Phi) is 6.43. The molecule has 0 saturated heterocycles. The van der Waals surface area contributed by atoms with Gasteiger partial charge in [0.1, 0.15) is 12.6 Å². The van der Waals surface area contributed by atoms with E-state index in [1.165, 1.54) is 0 Å². The number of esters is 1. The number of carbonyl (C=O) groups is 2. The van der Waals surface area contributed by atoms with Crippen molar-refractivity contribution in [3.8, 4) is 11.5 Å². The van der Waals surface area contributed by atoms with Crippen LogP contribution < -0.4 is 19.4 Å². The highest BCUT2D eigenvalue weighted by Crippen LogP contribution is 2.32. The number of pyridine rings is 1. The number of benzene rings is 2. The lowest BCUT2D eigenvalue weighted by Crippen LogP contribution is -2.40. The number of nitrogens with zero attached hydrogens (tertiary/aromatic N) is 2. The van der Waals surface area contributed by atoms with E-state index in [9.17, 15) is 9.59 Å². The molecule has 5 rings (SSSR count). The first-order chi connectivity index (χ1) is 17.1. The van der Waals surface area contributed by atoms with E-state index in [1.54, 1.807) is 13.0 Å². The van der Waals surface area contributed by atoms with Crippen LogP contribution in [-0.4, -0.2) is 36.9 Å². The van der Waals surface area contributed by atoms with Crippen molar-refractivity contribution in [3.63, 3.8) is 0 Å². The van der Waals surface area contributed by atoms with Gasteiger partial charge in [-0.1, -0.05) is 36.4 Å². The number of carbonyl (C=O) groups excluding carboxylic acids is 2. The Balaban J connectivity index is 1.23. The number of aliphatic imine (C=N–C) groups is 1. The Morgan fingerprint density at radius 2 is 1.80 bits per heavy atom. The molecule has 0 aliphatic carbocycles. The van der Waals surface area contributed by atoms with Crippen LogP contribution in [0.25, 0.3) is 0 Å². The van der Waals surface area contributed by atoms with Gasteiger partial charge in [0.25, 0.3) is 5.91 Å². The van der Waals surface area contributed by atoms with Gasteiger partial charge < -0.3 is 19.5 Å². The largest absolute Gasteiger partial charge is 0.485 e. The standard InChI is InChI=1S/C27H25N3O5/c1-2-33-26(31)15-21-19-7-3-4-8-20(19)22(29-21)16-30-13-11-18(12-14-30)28-27(32)25-17-34-23-9-5-6-10-24(23)35-25/h3-14,22,25H,2,15-17H2,1H3/p+1. The molecule has 8 nitrogen and oxygen atoms in total. The van der Waals surface area contributed by atoms with Gasteiger partial charge in [0.2, 0.25) is 6.10 Å². The average Bonchev–Trinajstić information content (AvgIpc) is 3.22. The van der Waals surface area contributed by atoms with Crippen LogP contribution in [0.1, 0.15) is 30.5 Å². The number of amides is 1. The van der Waals surface area contributed by atoms with Crippen molar-refractivity contribution in [1.29, 1.82) is 0 Å². The van der Waals surface area contributed by atoms with Crippen LogP contribution >= 0.6 is 0 Å². The van der Waals surface area contributed by atoms with Crippen molar-refractivity contribution in [3.05, 3.63) is 84.2 Å². The third kappa shape index (κ3) is 5.01. The average molecular weight is 473 g/mol. The van der Waals surface area contributed by atoms with Crippen LogP contribution in [0.2, 0.25) is 0 Å². The van der Waals surface area contributed by atoms with Crippen molar-refractivity contribution in [2.75, 3.05) is 18.5 Å². The summed E-state index contributed by atoms with van der Waals surface area (Å²) in [5.74, 6) is 0.656. The van der Waals surface area contributed by atoms with Gasteiger partial charge in [-0.15, -0.1) is 0 Å². The van der Waals surface area contributed by atoms with E-state index in [1.807, 2.05) is 71.6 Å². The SMILES string of the molecule is CCOC(=O)CC1=NC(C[n+]2ccc(NC(=O)C3COc4ccccc4O3)cc2)c2ccccc21. The lowest BCUT2D eigenvalue weighted by Gasteiger charge is -2.25. The van der Waals surface area contributed by atoms with Crippen LogP contribution in [0.15, 0.2) is 78.0 Å². The first kappa shape index (κ1) is 22.6. The highest BCUT2D eigenvalue weighted by molar-refractivity contribution is 6.11. The fraction of sp³-hybridized carbons (Fsp3) is 0.259. The van der Waals surface area contributed by atoms with Gasteiger partial charge in [0.05, 0.1) is 24.4 Å². The molecule has 178 valence electrons. The number of fused-ring (bicyclic) bond motifs is 2. The van der Waals surface area contributed by atoms with Crippen LogP contribution in [-0.2, 0) is 20.9 Å². The van der Waals surface area contributed by atoms with Gasteiger partial charge >= 0.3 is 5.97 Å². The van der Waals surface area contributed by atoms with Gasteiger partial charge in [0.15, 0.2) is 30.4 Å². The fourth-order valence-electron chi connectivity index (χ4n) is 4.24. The maximum Gasteiger partial charge on any atom is 0.311 e. The molecule has 8 heteroatoms. The number of hydrogen-bond donors (Lipinski definition) is 1. The van der Waals surface area contributed by atoms with E-state index in [4.69, 9.17) is 19.2 Å². The van der Waals surface area contributed by atoms with E-state index in [-0.39, 0.29) is 30.9 Å². The molecule has 2 aromatic carbocycles. The molecule has 2 aliphatic heterocycles. The third-order valence-corrected chi connectivity index (χ3v) is 5.90. The van der Waals surface area contributed by atoms with Crippen molar-refractivity contribution in [2.24, 2.45) is 4.99 Å². The van der Waals surface area contributed by atoms with Gasteiger partial charge in [-0.05, 0) is 24.6 Å². The second-order valence-corrected chi connectivity index (χ2v) is 8.30. The quantitative estimate of drug-likeness (QED) is 0.421. The molecule has 1 amide bonds. The number of aromatic nitrogens is 1. The van der Waals surface area contributed by atoms with Crippen molar-refractivity contribution in [1.82, 2.24) is 0 Å². The molecule has 0 radical (unpaired) electrons. The zero-order valence-electron chi connectivity index (χ0n) is 19.3. The summed E-state index contributed by atoms with van der Waals surface area (Å²) in [4.78, 5) is 29.5. The summed E-state index contributed by atoms with van der Waals surface area (Å²) in [6.45, 7) is 2.91. The summed E-state index contributed by atoms with van der Waals surface area (Å²) in [6, 6.07) is 18.8. The summed E-state index contributed by atoms with van der Waals surface area (Å²) in [7, 11) is 0. The Labute approximate surface area is 203 Å². The molecule has 2 aliphatic rings. The topological polar surface area (TPSA) is 90.1 Å². The molecule has 0 fully saturated rings. The second-order valence-electron chi connectivity index (χ2n) is 8.30. The fourth-order valence-corrected chi connectivity index (χ4v) is 4.24. The number of rotatable bonds is 7. The Morgan fingerprint density at radius 3 is 2.60 bits per heavy atom. The molecule has 0 bridgehead atoms. The van der Waals surface area contributed by atoms with Crippen LogP contribution in [0.3, 0.4) is 0 Å². The van der Waals surface area contributed by atoms with E-state index < -0.39 is 6.10 Å². The highest BCUT2D eigenvalue weighted by atomic mass is 16.6. The number of hydrogen-bond acceptors (Lipinski definition) is 6. The number of para-hydroxylation sites is 2. The Morgan fingerprint density at radius 1 is 1.06 bits per heavy atom. The molecule has 1 N–H and O–H groups in total. The molecule has 0 spiro atoms. The minimum absolute atomic E-state index is 0.103. The normalized spacial score (nSPS) is 17.8. The minimum atomic E-state index is -0.723. The summed E-state index contributed by atoms with van der Waals surface area (Å²) < 4.78 is 18.5. The maximum atomic E-state index is 12.7. The van der Waals surface area contributed by atoms with Crippen LogP contribution in [0.5, 0.6) is 11.5 Å². The zero-order valence-corrected chi connectivity index (χ0v) is 19.3. The monoisotopic (exact) mass is 472 g/mol. The van der Waals surface area contributed by atoms with Gasteiger partial charge in [-0.2, -0.15) is 0 Å². The highest BCUT2D eigenvalue weighted by Gasteiger charge is 2.30. The number of anilines is 1. The molecule has 0 saturated carbocycles. The van der Waals surface area contributed by atoms with Crippen molar-refractivity contribution in [2.45, 2.75) is 32.0 Å². The van der Waals surface area contributed by atoms with E-state index >= 15 is 0 Å². The third-order valence-electron chi connectivity index (χ3n) is 5.90. The first-order valence-electron chi connectivity index (χ1n) is 11.6. The summed E-state index contributed by atoms with van der Waals surface area (Å²) in [5, 5.41) is 2.88. The zero-order chi connectivity index (χ0) is 24.2. The summed E-state index contributed by atoms with van der Waals surface area (Å²) in [6.07, 6.45) is 3.23. The van der Waals surface area contributed by atoms with Gasteiger partial charge in [-0.3, -0.25) is 14.6 Å².